The standard InChI is InChI=1S/C22H24N2O2S/c1-16-10-12-18(13-11-16)27(25,26)21-15-23-20-9-4-3-8-19(20)22(21)24-14-6-5-7-17(24)2/h3-4,8-13,15,17H,5-7,14H2,1-2H3. The lowest BCUT2D eigenvalue weighted by Crippen LogP contribution is -2.38. The topological polar surface area (TPSA) is 50.3 Å². The molecule has 27 heavy (non-hydrogen) atoms. The molecule has 3 aromatic rings. The summed E-state index contributed by atoms with van der Waals surface area (Å²) < 4.78 is 27.0. The number of aromatic nitrogens is 1. The fourth-order valence-corrected chi connectivity index (χ4v) is 5.30. The molecule has 0 spiro atoms. The average molecular weight is 381 g/mol. The largest absolute Gasteiger partial charge is 0.367 e. The Morgan fingerprint density at radius 2 is 1.78 bits per heavy atom. The monoisotopic (exact) mass is 380 g/mol. The molecule has 0 bridgehead atoms. The third-order valence-electron chi connectivity index (χ3n) is 5.42. The first-order valence-electron chi connectivity index (χ1n) is 9.44. The number of aryl methyl sites for hydroxylation is 1. The van der Waals surface area contributed by atoms with Crippen molar-refractivity contribution in [1.82, 2.24) is 4.98 Å². The van der Waals surface area contributed by atoms with E-state index in [2.05, 4.69) is 16.8 Å². The van der Waals surface area contributed by atoms with Crippen molar-refractivity contribution in [1.29, 1.82) is 0 Å². The van der Waals surface area contributed by atoms with Crippen molar-refractivity contribution >= 4 is 26.4 Å². The van der Waals surface area contributed by atoms with Crippen LogP contribution < -0.4 is 4.90 Å². The summed E-state index contributed by atoms with van der Waals surface area (Å²) in [6.45, 7) is 5.00. The van der Waals surface area contributed by atoms with Gasteiger partial charge in [-0.15, -0.1) is 0 Å². The molecule has 0 radical (unpaired) electrons. The van der Waals surface area contributed by atoms with Crippen LogP contribution in [-0.4, -0.2) is 26.0 Å². The lowest BCUT2D eigenvalue weighted by atomic mass is 10.0. The molecule has 140 valence electrons. The molecule has 5 heteroatoms. The van der Waals surface area contributed by atoms with Crippen LogP contribution in [0.1, 0.15) is 31.7 Å². The Labute approximate surface area is 160 Å². The molecule has 4 rings (SSSR count). The SMILES string of the molecule is Cc1ccc(S(=O)(=O)c2cnc3ccccc3c2N2CCCCC2C)cc1. The van der Waals surface area contributed by atoms with E-state index in [1.165, 1.54) is 12.6 Å². The van der Waals surface area contributed by atoms with Gasteiger partial charge in [0.05, 0.1) is 16.1 Å². The summed E-state index contributed by atoms with van der Waals surface area (Å²) >= 11 is 0. The highest BCUT2D eigenvalue weighted by Crippen LogP contribution is 2.38. The van der Waals surface area contributed by atoms with E-state index in [-0.39, 0.29) is 0 Å². The van der Waals surface area contributed by atoms with Crippen LogP contribution in [0.3, 0.4) is 0 Å². The number of benzene rings is 2. The van der Waals surface area contributed by atoms with Crippen molar-refractivity contribution in [2.75, 3.05) is 11.4 Å². The molecule has 1 aliphatic heterocycles. The van der Waals surface area contributed by atoms with Gasteiger partial charge in [-0.3, -0.25) is 4.98 Å². The van der Waals surface area contributed by atoms with Gasteiger partial charge in [-0.25, -0.2) is 8.42 Å². The van der Waals surface area contributed by atoms with Crippen LogP contribution in [0.4, 0.5) is 5.69 Å². The number of fused-ring (bicyclic) bond motifs is 1. The molecule has 0 N–H and O–H groups in total. The number of nitrogens with zero attached hydrogens (tertiary/aromatic N) is 2. The smallest absolute Gasteiger partial charge is 0.210 e. The summed E-state index contributed by atoms with van der Waals surface area (Å²) in [5, 5.41) is 0.902. The highest BCUT2D eigenvalue weighted by atomic mass is 32.2. The van der Waals surface area contributed by atoms with Gasteiger partial charge >= 0.3 is 0 Å². The molecule has 0 saturated carbocycles. The lowest BCUT2D eigenvalue weighted by Gasteiger charge is -2.37. The molecule has 4 nitrogen and oxygen atoms in total. The van der Waals surface area contributed by atoms with Crippen LogP contribution >= 0.6 is 0 Å². The van der Waals surface area contributed by atoms with Gasteiger partial charge in [0, 0.05) is 24.2 Å². The molecule has 1 unspecified atom stereocenters. The zero-order valence-corrected chi connectivity index (χ0v) is 16.5. The Morgan fingerprint density at radius 3 is 2.52 bits per heavy atom. The molecular weight excluding hydrogens is 356 g/mol. The highest BCUT2D eigenvalue weighted by Gasteiger charge is 2.29. The quantitative estimate of drug-likeness (QED) is 0.658. The molecule has 1 atom stereocenters. The fraction of sp³-hybridized carbons (Fsp3) is 0.318. The van der Waals surface area contributed by atoms with E-state index >= 15 is 0 Å². The van der Waals surface area contributed by atoms with Crippen LogP contribution in [0.2, 0.25) is 0 Å². The molecular formula is C22H24N2O2S. The summed E-state index contributed by atoms with van der Waals surface area (Å²) in [5.41, 5.74) is 2.66. The first-order chi connectivity index (χ1) is 13.0. The summed E-state index contributed by atoms with van der Waals surface area (Å²) in [6, 6.07) is 15.2. The molecule has 0 aliphatic carbocycles. The third-order valence-corrected chi connectivity index (χ3v) is 7.19. The van der Waals surface area contributed by atoms with Crippen molar-refractivity contribution in [2.24, 2.45) is 0 Å². The zero-order chi connectivity index (χ0) is 19.0. The maximum absolute atomic E-state index is 13.5. The van der Waals surface area contributed by atoms with Crippen molar-refractivity contribution in [3.63, 3.8) is 0 Å². The van der Waals surface area contributed by atoms with Crippen LogP contribution in [0.25, 0.3) is 10.9 Å². The van der Waals surface area contributed by atoms with Gasteiger partial charge in [0.25, 0.3) is 0 Å². The highest BCUT2D eigenvalue weighted by molar-refractivity contribution is 7.91. The average Bonchev–Trinajstić information content (AvgIpc) is 2.68. The van der Waals surface area contributed by atoms with Crippen molar-refractivity contribution in [2.45, 2.75) is 48.9 Å². The number of para-hydroxylation sites is 1. The number of piperidine rings is 1. The molecule has 1 aliphatic rings. The van der Waals surface area contributed by atoms with Gasteiger partial charge in [-0.05, 0) is 51.3 Å². The molecule has 1 fully saturated rings. The first kappa shape index (κ1) is 18.0. The van der Waals surface area contributed by atoms with E-state index in [9.17, 15) is 8.42 Å². The second-order valence-corrected chi connectivity index (χ2v) is 9.26. The number of rotatable bonds is 3. The third kappa shape index (κ3) is 3.21. The summed E-state index contributed by atoms with van der Waals surface area (Å²) in [6.07, 6.45) is 4.86. The minimum Gasteiger partial charge on any atom is -0.367 e. The molecule has 2 aromatic carbocycles. The van der Waals surface area contributed by atoms with Crippen LogP contribution in [0.15, 0.2) is 64.5 Å². The lowest BCUT2D eigenvalue weighted by molar-refractivity contribution is 0.483. The fourth-order valence-electron chi connectivity index (χ4n) is 3.88. The second kappa shape index (κ2) is 6.97. The van der Waals surface area contributed by atoms with E-state index in [1.807, 2.05) is 43.3 Å². The number of sulfone groups is 1. The predicted molar refractivity (Wildman–Crippen MR) is 109 cm³/mol. The van der Waals surface area contributed by atoms with Crippen LogP contribution in [0.5, 0.6) is 0 Å². The molecule has 2 heterocycles. The Kier molecular flexibility index (Phi) is 4.64. The second-order valence-electron chi connectivity index (χ2n) is 7.34. The molecule has 1 saturated heterocycles. The van der Waals surface area contributed by atoms with E-state index < -0.39 is 9.84 Å². The van der Waals surface area contributed by atoms with Gasteiger partial charge in [-0.1, -0.05) is 35.9 Å². The Bertz CT molecular complexity index is 1080. The van der Waals surface area contributed by atoms with E-state index in [0.717, 1.165) is 41.5 Å². The van der Waals surface area contributed by atoms with Gasteiger partial charge in [0.1, 0.15) is 4.90 Å². The predicted octanol–water partition coefficient (Wildman–Crippen LogP) is 4.75. The van der Waals surface area contributed by atoms with Crippen LogP contribution in [-0.2, 0) is 9.84 Å². The van der Waals surface area contributed by atoms with Crippen molar-refractivity contribution < 1.29 is 8.42 Å². The minimum absolute atomic E-state index is 0.302. The van der Waals surface area contributed by atoms with Crippen LogP contribution in [0, 0.1) is 6.92 Å². The zero-order valence-electron chi connectivity index (χ0n) is 15.7. The minimum atomic E-state index is -3.65. The maximum atomic E-state index is 13.5. The summed E-state index contributed by atoms with van der Waals surface area (Å²) in [7, 11) is -3.65. The normalized spacial score (nSPS) is 18.0. The van der Waals surface area contributed by atoms with E-state index in [0.29, 0.717) is 15.8 Å². The summed E-state index contributed by atoms with van der Waals surface area (Å²) in [4.78, 5) is 7.34. The number of anilines is 1. The first-order valence-corrected chi connectivity index (χ1v) is 10.9. The van der Waals surface area contributed by atoms with Gasteiger partial charge in [-0.2, -0.15) is 0 Å². The van der Waals surface area contributed by atoms with Gasteiger partial charge < -0.3 is 4.90 Å². The Balaban J connectivity index is 1.97. The number of hydrogen-bond donors (Lipinski definition) is 0. The Hall–Kier alpha value is -2.40. The maximum Gasteiger partial charge on any atom is 0.210 e. The van der Waals surface area contributed by atoms with E-state index in [4.69, 9.17) is 0 Å². The van der Waals surface area contributed by atoms with Crippen molar-refractivity contribution in [3.8, 4) is 0 Å². The Morgan fingerprint density at radius 1 is 1.04 bits per heavy atom. The molecule has 1 aromatic heterocycles. The van der Waals surface area contributed by atoms with Crippen molar-refractivity contribution in [3.05, 3.63) is 60.3 Å². The van der Waals surface area contributed by atoms with Gasteiger partial charge in [0.15, 0.2) is 0 Å². The summed E-state index contributed by atoms with van der Waals surface area (Å²) in [5.74, 6) is 0. The van der Waals surface area contributed by atoms with Gasteiger partial charge in [0.2, 0.25) is 9.84 Å². The number of hydrogen-bond acceptors (Lipinski definition) is 4. The van der Waals surface area contributed by atoms with E-state index in [1.54, 1.807) is 12.1 Å². The molecule has 0 amide bonds. The number of pyridine rings is 1.